The largest absolute Gasteiger partial charge is 0.462 e. The first-order chi connectivity index (χ1) is 18.8. The highest BCUT2D eigenvalue weighted by Crippen LogP contribution is 2.26. The first-order valence-electron chi connectivity index (χ1n) is 11.8. The molecule has 17 heteroatoms. The molecule has 41 heavy (non-hydrogen) atoms. The zero-order valence-corrected chi connectivity index (χ0v) is 23.7. The molecule has 0 aromatic carbocycles. The lowest BCUT2D eigenvalue weighted by molar-refractivity contribution is -0.221. The van der Waals surface area contributed by atoms with Gasteiger partial charge in [-0.25, -0.2) is 0 Å². The zero-order valence-electron chi connectivity index (χ0n) is 23.7. The average Bonchev–Trinajstić information content (AvgIpc) is 2.78. The minimum Gasteiger partial charge on any atom is -0.462 e. The van der Waals surface area contributed by atoms with Crippen LogP contribution in [0.4, 0.5) is 0 Å². The van der Waals surface area contributed by atoms with Gasteiger partial charge in [0.15, 0.2) is 30.5 Å². The summed E-state index contributed by atoms with van der Waals surface area (Å²) in [7, 11) is 0. The summed E-state index contributed by atoms with van der Waals surface area (Å²) in [5.41, 5.74) is 0. The van der Waals surface area contributed by atoms with E-state index in [2.05, 4.69) is 0 Å². The van der Waals surface area contributed by atoms with Gasteiger partial charge < -0.3 is 33.2 Å². The van der Waals surface area contributed by atoms with Crippen LogP contribution in [0.5, 0.6) is 0 Å². The van der Waals surface area contributed by atoms with E-state index in [0.29, 0.717) is 0 Å². The van der Waals surface area contributed by atoms with Crippen molar-refractivity contribution < 1.29 is 76.3 Å². The molecule has 0 saturated carbocycles. The SMILES string of the molecule is CC(=O)NC(=O)[C@@H](OC(C)=O)[C@H](OC(C)=O)[C@H](OC(C)=O)[C@H](OC(C)=O)[C@H](OC(C)=O)[C@@H](COC(C)=O)OC(C)=O. The minimum atomic E-state index is -2.22. The van der Waals surface area contributed by atoms with Gasteiger partial charge in [-0.1, -0.05) is 0 Å². The fraction of sp³-hybridized carbons (Fsp3) is 0.625. The Labute approximate surface area is 234 Å². The van der Waals surface area contributed by atoms with Crippen molar-refractivity contribution in [3.05, 3.63) is 0 Å². The van der Waals surface area contributed by atoms with Gasteiger partial charge in [-0.15, -0.1) is 0 Å². The molecule has 0 unspecified atom stereocenters. The summed E-state index contributed by atoms with van der Waals surface area (Å²) in [6, 6.07) is 0. The third-order valence-electron chi connectivity index (χ3n) is 4.46. The molecule has 0 aromatic rings. The first kappa shape index (κ1) is 36.4. The second kappa shape index (κ2) is 17.2. The maximum Gasteiger partial charge on any atom is 0.303 e. The third-order valence-corrected chi connectivity index (χ3v) is 4.46. The normalized spacial score (nSPS) is 14.7. The molecular formula is C24H33NO16. The lowest BCUT2D eigenvalue weighted by atomic mass is 9.94. The molecule has 0 bridgehead atoms. The predicted molar refractivity (Wildman–Crippen MR) is 129 cm³/mol. The first-order valence-corrected chi connectivity index (χ1v) is 11.8. The van der Waals surface area contributed by atoms with Crippen LogP contribution in [0.25, 0.3) is 0 Å². The van der Waals surface area contributed by atoms with Crippen molar-refractivity contribution in [1.29, 1.82) is 0 Å². The van der Waals surface area contributed by atoms with Crippen LogP contribution in [-0.4, -0.2) is 96.8 Å². The molecule has 0 rings (SSSR count). The smallest absolute Gasteiger partial charge is 0.303 e. The number of ether oxygens (including phenoxy) is 7. The van der Waals surface area contributed by atoms with E-state index in [0.717, 1.165) is 55.4 Å². The predicted octanol–water partition coefficient (Wildman–Crippen LogP) is -1.20. The monoisotopic (exact) mass is 591 g/mol. The Hall–Kier alpha value is -4.57. The molecule has 0 radical (unpaired) electrons. The molecule has 230 valence electrons. The Balaban J connectivity index is 7.43. The van der Waals surface area contributed by atoms with Crippen molar-refractivity contribution in [1.82, 2.24) is 5.32 Å². The molecule has 17 nitrogen and oxygen atoms in total. The molecule has 0 aromatic heterocycles. The summed E-state index contributed by atoms with van der Waals surface area (Å²) in [4.78, 5) is 108. The Morgan fingerprint density at radius 2 is 0.829 bits per heavy atom. The van der Waals surface area contributed by atoms with Gasteiger partial charge in [-0.3, -0.25) is 48.5 Å². The van der Waals surface area contributed by atoms with Crippen LogP contribution in [-0.2, 0) is 76.3 Å². The summed E-state index contributed by atoms with van der Waals surface area (Å²) in [5, 5.41) is 1.83. The summed E-state index contributed by atoms with van der Waals surface area (Å²) in [6.45, 7) is 6.47. The molecule has 0 fully saturated rings. The molecule has 0 aliphatic heterocycles. The Bertz CT molecular complexity index is 1040. The standard InChI is InChI=1S/C24H33NO16/c1-10(26)25-24(34)23(41-17(8)33)22(40-16(7)32)21(39-15(6)31)20(38-14(5)30)19(37-13(4)29)18(36-12(3)28)9-35-11(2)27/h18-23H,9H2,1-8H3,(H,25,26,34)/t18-,19-,20-,21-,22-,23+/m1/s1. The van der Waals surface area contributed by atoms with E-state index in [-0.39, 0.29) is 0 Å². The van der Waals surface area contributed by atoms with Crippen LogP contribution in [0.2, 0.25) is 0 Å². The number of nitrogens with one attached hydrogen (secondary N) is 1. The minimum absolute atomic E-state index is 0.784. The van der Waals surface area contributed by atoms with E-state index in [1.165, 1.54) is 0 Å². The number of amides is 2. The van der Waals surface area contributed by atoms with E-state index in [9.17, 15) is 43.2 Å². The van der Waals surface area contributed by atoms with Crippen LogP contribution in [0.15, 0.2) is 0 Å². The lowest BCUT2D eigenvalue weighted by Gasteiger charge is -2.39. The fourth-order valence-corrected chi connectivity index (χ4v) is 3.37. The van der Waals surface area contributed by atoms with E-state index < -0.39 is 96.8 Å². The second-order valence-corrected chi connectivity index (χ2v) is 8.32. The number of imide groups is 1. The van der Waals surface area contributed by atoms with Gasteiger partial charge in [-0.2, -0.15) is 0 Å². The van der Waals surface area contributed by atoms with E-state index >= 15 is 0 Å². The van der Waals surface area contributed by atoms with E-state index in [1.807, 2.05) is 5.32 Å². The second-order valence-electron chi connectivity index (χ2n) is 8.32. The van der Waals surface area contributed by atoms with Crippen molar-refractivity contribution in [2.75, 3.05) is 6.61 Å². The Kier molecular flexibility index (Phi) is 15.3. The van der Waals surface area contributed by atoms with Gasteiger partial charge in [0.1, 0.15) is 6.61 Å². The molecule has 0 aliphatic rings. The van der Waals surface area contributed by atoms with Gasteiger partial charge in [0.05, 0.1) is 0 Å². The van der Waals surface area contributed by atoms with E-state index in [1.54, 1.807) is 0 Å². The molecular weight excluding hydrogens is 558 g/mol. The van der Waals surface area contributed by atoms with Gasteiger partial charge in [-0.05, 0) is 0 Å². The Morgan fingerprint density at radius 3 is 1.20 bits per heavy atom. The molecule has 1 N–H and O–H groups in total. The maximum atomic E-state index is 12.9. The van der Waals surface area contributed by atoms with E-state index in [4.69, 9.17) is 33.2 Å². The number of carbonyl (C=O) groups is 9. The number of rotatable bonds is 14. The van der Waals surface area contributed by atoms with Gasteiger partial charge in [0, 0.05) is 55.4 Å². The van der Waals surface area contributed by atoms with Gasteiger partial charge in [0.2, 0.25) is 12.0 Å². The molecule has 0 heterocycles. The summed E-state index contributed by atoms with van der Waals surface area (Å²) in [6.07, 6.45) is -12.3. The van der Waals surface area contributed by atoms with Crippen molar-refractivity contribution in [3.63, 3.8) is 0 Å². The van der Waals surface area contributed by atoms with Crippen molar-refractivity contribution in [3.8, 4) is 0 Å². The molecule has 0 spiro atoms. The summed E-state index contributed by atoms with van der Waals surface area (Å²) < 4.78 is 35.9. The number of esters is 7. The van der Waals surface area contributed by atoms with Gasteiger partial charge >= 0.3 is 41.8 Å². The van der Waals surface area contributed by atoms with Crippen LogP contribution in [0, 0.1) is 0 Å². The molecule has 0 aliphatic carbocycles. The lowest BCUT2D eigenvalue weighted by Crippen LogP contribution is -2.61. The third kappa shape index (κ3) is 14.4. The fourth-order valence-electron chi connectivity index (χ4n) is 3.37. The highest BCUT2D eigenvalue weighted by molar-refractivity contribution is 5.97. The van der Waals surface area contributed by atoms with Crippen molar-refractivity contribution in [2.24, 2.45) is 0 Å². The molecule has 0 saturated heterocycles. The van der Waals surface area contributed by atoms with Crippen molar-refractivity contribution in [2.45, 2.75) is 92.0 Å². The average molecular weight is 592 g/mol. The zero-order chi connectivity index (χ0) is 32.0. The highest BCUT2D eigenvalue weighted by atomic mass is 16.7. The van der Waals surface area contributed by atoms with Crippen molar-refractivity contribution >= 4 is 53.6 Å². The topological polar surface area (TPSA) is 230 Å². The van der Waals surface area contributed by atoms with Crippen LogP contribution in [0.1, 0.15) is 55.4 Å². The number of carbonyl (C=O) groups excluding carboxylic acids is 9. The van der Waals surface area contributed by atoms with Crippen LogP contribution in [0.3, 0.4) is 0 Å². The summed E-state index contributed by atoms with van der Waals surface area (Å²) >= 11 is 0. The van der Waals surface area contributed by atoms with Crippen LogP contribution >= 0.6 is 0 Å². The highest BCUT2D eigenvalue weighted by Gasteiger charge is 2.52. The summed E-state index contributed by atoms with van der Waals surface area (Å²) in [5.74, 6) is -9.70. The van der Waals surface area contributed by atoms with Crippen LogP contribution < -0.4 is 5.32 Å². The number of hydrogen-bond donors (Lipinski definition) is 1. The quantitative estimate of drug-likeness (QED) is 0.185. The number of hydrogen-bond acceptors (Lipinski definition) is 16. The Morgan fingerprint density at radius 1 is 0.463 bits per heavy atom. The maximum absolute atomic E-state index is 12.9. The molecule has 2 amide bonds. The molecule has 6 atom stereocenters. The van der Waals surface area contributed by atoms with Gasteiger partial charge in [0.25, 0.3) is 5.91 Å².